The first kappa shape index (κ1) is 13.6. The predicted molar refractivity (Wildman–Crippen MR) is 67.5 cm³/mol. The molecule has 0 aliphatic carbocycles. The average molecular weight is 310 g/mol. The maximum Gasteiger partial charge on any atom is 0.322 e. The topological polar surface area (TPSA) is 108 Å². The van der Waals surface area contributed by atoms with Crippen molar-refractivity contribution in [3.8, 4) is 0 Å². The maximum absolute atomic E-state index is 12.3. The number of aromatic nitrogens is 1. The molecule has 2 rings (SSSR count). The Bertz CT molecular complexity index is 631. The van der Waals surface area contributed by atoms with Crippen LogP contribution in [0.25, 0.3) is 0 Å². The number of rotatable bonds is 3. The number of nitrogens with zero attached hydrogens (tertiary/aromatic N) is 1. The van der Waals surface area contributed by atoms with E-state index in [0.717, 1.165) is 4.31 Å². The minimum Gasteiger partial charge on any atom is -0.480 e. The highest BCUT2D eigenvalue weighted by atomic mass is 32.2. The van der Waals surface area contributed by atoms with E-state index in [0.29, 0.717) is 11.3 Å². The lowest BCUT2D eigenvalue weighted by Crippen LogP contribution is -2.41. The summed E-state index contributed by atoms with van der Waals surface area (Å²) in [5, 5.41) is 8.98. The van der Waals surface area contributed by atoms with Crippen molar-refractivity contribution in [1.29, 1.82) is 0 Å². The van der Waals surface area contributed by atoms with E-state index < -0.39 is 26.9 Å². The van der Waals surface area contributed by atoms with E-state index in [9.17, 15) is 18.0 Å². The molecule has 100 valence electrons. The van der Waals surface area contributed by atoms with Crippen LogP contribution in [0.3, 0.4) is 0 Å². The Morgan fingerprint density at radius 3 is 2.72 bits per heavy atom. The van der Waals surface area contributed by atoms with Crippen LogP contribution < -0.4 is 4.87 Å². The van der Waals surface area contributed by atoms with Gasteiger partial charge in [-0.05, 0) is 6.92 Å². The molecule has 1 aliphatic heterocycles. The molecule has 1 aromatic rings. The third kappa shape index (κ3) is 2.20. The van der Waals surface area contributed by atoms with Crippen LogP contribution in [0.4, 0.5) is 0 Å². The number of carbonyl (C=O) groups is 1. The largest absolute Gasteiger partial charge is 0.480 e. The van der Waals surface area contributed by atoms with Crippen molar-refractivity contribution in [3.63, 3.8) is 0 Å². The highest BCUT2D eigenvalue weighted by Crippen LogP contribution is 2.30. The van der Waals surface area contributed by atoms with E-state index in [1.807, 2.05) is 0 Å². The van der Waals surface area contributed by atoms with E-state index in [-0.39, 0.29) is 21.5 Å². The molecule has 0 amide bonds. The van der Waals surface area contributed by atoms with E-state index >= 15 is 0 Å². The molecule has 1 saturated heterocycles. The van der Waals surface area contributed by atoms with Gasteiger partial charge in [0.05, 0.1) is 5.88 Å². The average Bonchev–Trinajstić information content (AvgIpc) is 2.84. The van der Waals surface area contributed by atoms with Crippen LogP contribution in [0.5, 0.6) is 0 Å². The lowest BCUT2D eigenvalue weighted by atomic mass is 10.4. The van der Waals surface area contributed by atoms with Crippen LogP contribution in [0, 0.1) is 6.92 Å². The van der Waals surface area contributed by atoms with Crippen LogP contribution >= 0.6 is 23.1 Å². The Morgan fingerprint density at radius 2 is 2.22 bits per heavy atom. The van der Waals surface area contributed by atoms with Gasteiger partial charge in [0.2, 0.25) is 0 Å². The summed E-state index contributed by atoms with van der Waals surface area (Å²) in [7, 11) is -3.92. The van der Waals surface area contributed by atoms with Crippen LogP contribution in [0.1, 0.15) is 5.69 Å². The number of carboxylic acid groups (broad SMARTS) is 1. The number of hydrogen-bond donors (Lipinski definition) is 2. The Balaban J connectivity index is 2.46. The summed E-state index contributed by atoms with van der Waals surface area (Å²) in [4.78, 5) is 24.1. The quantitative estimate of drug-likeness (QED) is 0.807. The summed E-state index contributed by atoms with van der Waals surface area (Å²) in [6.45, 7) is 1.48. The van der Waals surface area contributed by atoms with Crippen LogP contribution in [0.2, 0.25) is 0 Å². The van der Waals surface area contributed by atoms with Gasteiger partial charge in [-0.2, -0.15) is 4.31 Å². The molecule has 0 spiro atoms. The van der Waals surface area contributed by atoms with Gasteiger partial charge >= 0.3 is 10.8 Å². The number of aryl methyl sites for hydroxylation is 1. The zero-order valence-electron chi connectivity index (χ0n) is 9.24. The van der Waals surface area contributed by atoms with E-state index in [1.165, 1.54) is 18.7 Å². The number of sulfonamides is 1. The van der Waals surface area contributed by atoms with Gasteiger partial charge in [0.1, 0.15) is 6.04 Å². The number of H-pyrrole nitrogens is 1. The van der Waals surface area contributed by atoms with Crippen molar-refractivity contribution >= 4 is 39.1 Å². The van der Waals surface area contributed by atoms with Crippen LogP contribution in [0.15, 0.2) is 9.00 Å². The third-order valence-electron chi connectivity index (χ3n) is 2.45. The number of hydrogen-bond acceptors (Lipinski definition) is 6. The fourth-order valence-corrected chi connectivity index (χ4v) is 6.15. The molecular formula is C8H10N2O5S3. The van der Waals surface area contributed by atoms with Gasteiger partial charge in [0.15, 0.2) is 4.21 Å². The number of carboxylic acids is 1. The summed E-state index contributed by atoms with van der Waals surface area (Å²) in [5.41, 5.74) is 0.242. The number of aliphatic carboxylic acids is 1. The normalized spacial score (nSPS) is 21.3. The van der Waals surface area contributed by atoms with E-state index in [2.05, 4.69) is 4.98 Å². The van der Waals surface area contributed by atoms with Crippen LogP contribution in [-0.2, 0) is 14.8 Å². The molecule has 10 heteroatoms. The molecule has 1 aromatic heterocycles. The minimum atomic E-state index is -3.92. The Kier molecular flexibility index (Phi) is 3.54. The second kappa shape index (κ2) is 4.68. The molecule has 1 aliphatic rings. The molecule has 2 heterocycles. The second-order valence-corrected chi connectivity index (χ2v) is 7.74. The molecule has 7 nitrogen and oxygen atoms in total. The van der Waals surface area contributed by atoms with Gasteiger partial charge in [-0.1, -0.05) is 11.3 Å². The first-order valence-corrected chi connectivity index (χ1v) is 8.27. The molecule has 1 atom stereocenters. The van der Waals surface area contributed by atoms with Gasteiger partial charge in [0.25, 0.3) is 10.0 Å². The Hall–Kier alpha value is -0.840. The van der Waals surface area contributed by atoms with Crippen molar-refractivity contribution in [1.82, 2.24) is 9.29 Å². The molecule has 2 N–H and O–H groups in total. The summed E-state index contributed by atoms with van der Waals surface area (Å²) < 4.78 is 25.4. The molecule has 0 saturated carbocycles. The summed E-state index contributed by atoms with van der Waals surface area (Å²) in [5.74, 6) is -0.873. The highest BCUT2D eigenvalue weighted by Gasteiger charge is 2.41. The summed E-state index contributed by atoms with van der Waals surface area (Å²) >= 11 is 1.81. The smallest absolute Gasteiger partial charge is 0.322 e. The predicted octanol–water partition coefficient (Wildman–Crippen LogP) is -0.107. The Labute approximate surface area is 111 Å². The van der Waals surface area contributed by atoms with Gasteiger partial charge < -0.3 is 10.1 Å². The van der Waals surface area contributed by atoms with Crippen molar-refractivity contribution in [2.75, 3.05) is 11.6 Å². The number of thiazole rings is 1. The van der Waals surface area contributed by atoms with Gasteiger partial charge in [-0.15, -0.1) is 11.8 Å². The van der Waals surface area contributed by atoms with Crippen molar-refractivity contribution in [3.05, 3.63) is 15.4 Å². The third-order valence-corrected chi connectivity index (χ3v) is 7.06. The van der Waals surface area contributed by atoms with Gasteiger partial charge in [-0.25, -0.2) is 8.42 Å². The molecular weight excluding hydrogens is 300 g/mol. The van der Waals surface area contributed by atoms with Gasteiger partial charge in [-0.3, -0.25) is 9.59 Å². The fourth-order valence-electron chi connectivity index (χ4n) is 1.60. The zero-order chi connectivity index (χ0) is 13.5. The number of nitrogens with one attached hydrogen (secondary N) is 1. The van der Waals surface area contributed by atoms with E-state index in [1.54, 1.807) is 0 Å². The van der Waals surface area contributed by atoms with Crippen LogP contribution in [-0.4, -0.2) is 46.5 Å². The highest BCUT2D eigenvalue weighted by molar-refractivity contribution is 8.01. The molecule has 0 radical (unpaired) electrons. The molecule has 0 bridgehead atoms. The van der Waals surface area contributed by atoms with Gasteiger partial charge in [0, 0.05) is 11.4 Å². The summed E-state index contributed by atoms with van der Waals surface area (Å²) in [6, 6.07) is -1.07. The SMILES string of the molecule is Cc1[nH]c(=O)sc1S(=O)(=O)N1CSC[C@H]1C(=O)O. The second-order valence-electron chi connectivity index (χ2n) is 3.67. The standard InChI is InChI=1S/C8H10N2O5S3/c1-4-7(17-8(13)9-4)18(14,15)10-3-16-2-5(10)6(11)12/h5H,2-3H2,1H3,(H,9,13)(H,11,12)/t5-/m0/s1. The first-order valence-electron chi connectivity index (χ1n) is 4.86. The monoisotopic (exact) mass is 310 g/mol. The maximum atomic E-state index is 12.3. The lowest BCUT2D eigenvalue weighted by molar-refractivity contribution is -0.140. The van der Waals surface area contributed by atoms with Crippen molar-refractivity contribution < 1.29 is 18.3 Å². The molecule has 18 heavy (non-hydrogen) atoms. The number of thioether (sulfide) groups is 1. The molecule has 1 fully saturated rings. The Morgan fingerprint density at radius 1 is 1.56 bits per heavy atom. The summed E-state index contributed by atoms with van der Waals surface area (Å²) in [6.07, 6.45) is 0. The van der Waals surface area contributed by atoms with E-state index in [4.69, 9.17) is 5.11 Å². The molecule has 0 aromatic carbocycles. The first-order chi connectivity index (χ1) is 8.34. The molecule has 0 unspecified atom stereocenters. The zero-order valence-corrected chi connectivity index (χ0v) is 11.7. The fraction of sp³-hybridized carbons (Fsp3) is 0.500. The minimum absolute atomic E-state index is 0.0881. The van der Waals surface area contributed by atoms with Crippen molar-refractivity contribution in [2.45, 2.75) is 17.2 Å². The number of aromatic amines is 1. The van der Waals surface area contributed by atoms with Crippen molar-refractivity contribution in [2.24, 2.45) is 0 Å². The lowest BCUT2D eigenvalue weighted by Gasteiger charge is -2.19.